The van der Waals surface area contributed by atoms with Crippen molar-refractivity contribution in [2.75, 3.05) is 18.4 Å². The smallest absolute Gasteiger partial charge is 0.321 e. The number of ether oxygens (including phenoxy) is 1. The molecule has 1 N–H and O–H groups in total. The number of rotatable bonds is 6. The average Bonchev–Trinajstić information content (AvgIpc) is 2.55. The van der Waals surface area contributed by atoms with Gasteiger partial charge in [-0.05, 0) is 55.8 Å². The van der Waals surface area contributed by atoms with Crippen molar-refractivity contribution < 1.29 is 13.9 Å². The standard InChI is InChI=1S/C18H21FN2O2/c1-3-21(4-2)18(22)20-16-8-10-17(11-9-16)23-13-14-6-5-7-15(19)12-14/h5-12H,3-4,13H2,1-2H3,(H,20,22). The highest BCUT2D eigenvalue weighted by molar-refractivity contribution is 5.89. The lowest BCUT2D eigenvalue weighted by molar-refractivity contribution is 0.217. The number of amides is 2. The monoisotopic (exact) mass is 316 g/mol. The molecule has 0 radical (unpaired) electrons. The van der Waals surface area contributed by atoms with E-state index in [4.69, 9.17) is 4.74 Å². The van der Waals surface area contributed by atoms with E-state index in [-0.39, 0.29) is 11.8 Å². The molecule has 0 heterocycles. The van der Waals surface area contributed by atoms with E-state index in [0.29, 0.717) is 31.1 Å². The lowest BCUT2D eigenvalue weighted by Crippen LogP contribution is -2.34. The Bertz CT molecular complexity index is 640. The summed E-state index contributed by atoms with van der Waals surface area (Å²) in [7, 11) is 0. The molecule has 0 fully saturated rings. The zero-order valence-corrected chi connectivity index (χ0v) is 13.4. The summed E-state index contributed by atoms with van der Waals surface area (Å²) in [5, 5.41) is 2.83. The van der Waals surface area contributed by atoms with Gasteiger partial charge in [0.1, 0.15) is 18.2 Å². The van der Waals surface area contributed by atoms with Crippen LogP contribution in [0, 0.1) is 5.82 Å². The molecule has 23 heavy (non-hydrogen) atoms. The van der Waals surface area contributed by atoms with Crippen molar-refractivity contribution in [2.24, 2.45) is 0 Å². The van der Waals surface area contributed by atoms with Crippen molar-refractivity contribution in [3.05, 3.63) is 59.9 Å². The van der Waals surface area contributed by atoms with Gasteiger partial charge in [-0.15, -0.1) is 0 Å². The van der Waals surface area contributed by atoms with Gasteiger partial charge in [-0.3, -0.25) is 0 Å². The number of benzene rings is 2. The zero-order valence-electron chi connectivity index (χ0n) is 13.4. The van der Waals surface area contributed by atoms with Crippen molar-refractivity contribution >= 4 is 11.7 Å². The Labute approximate surface area is 135 Å². The van der Waals surface area contributed by atoms with Gasteiger partial charge in [0.2, 0.25) is 0 Å². The molecule has 0 bridgehead atoms. The summed E-state index contributed by atoms with van der Waals surface area (Å²) in [6, 6.07) is 13.3. The maximum atomic E-state index is 13.1. The first-order valence-electron chi connectivity index (χ1n) is 7.65. The van der Waals surface area contributed by atoms with Crippen LogP contribution in [-0.4, -0.2) is 24.0 Å². The van der Waals surface area contributed by atoms with E-state index in [1.807, 2.05) is 19.9 Å². The van der Waals surface area contributed by atoms with Crippen molar-refractivity contribution in [2.45, 2.75) is 20.5 Å². The van der Waals surface area contributed by atoms with Crippen LogP contribution >= 0.6 is 0 Å². The van der Waals surface area contributed by atoms with Gasteiger partial charge < -0.3 is 15.0 Å². The second-order valence-corrected chi connectivity index (χ2v) is 5.05. The molecule has 122 valence electrons. The molecule has 0 saturated carbocycles. The van der Waals surface area contributed by atoms with Crippen LogP contribution in [-0.2, 0) is 6.61 Å². The number of halogens is 1. The van der Waals surface area contributed by atoms with Crippen molar-refractivity contribution in [3.63, 3.8) is 0 Å². The predicted molar refractivity (Wildman–Crippen MR) is 89.1 cm³/mol. The van der Waals surface area contributed by atoms with Gasteiger partial charge in [-0.2, -0.15) is 0 Å². The highest BCUT2D eigenvalue weighted by atomic mass is 19.1. The molecule has 0 unspecified atom stereocenters. The van der Waals surface area contributed by atoms with Gasteiger partial charge in [0.05, 0.1) is 0 Å². The number of carbonyl (C=O) groups excluding carboxylic acids is 1. The fraction of sp³-hybridized carbons (Fsp3) is 0.278. The van der Waals surface area contributed by atoms with Crippen molar-refractivity contribution in [3.8, 4) is 5.75 Å². The van der Waals surface area contributed by atoms with Crippen LogP contribution in [0.1, 0.15) is 19.4 Å². The number of hydrogen-bond donors (Lipinski definition) is 1. The Kier molecular flexibility index (Phi) is 5.97. The molecular weight excluding hydrogens is 295 g/mol. The van der Waals surface area contributed by atoms with Crippen LogP contribution in [0.5, 0.6) is 5.75 Å². The number of nitrogens with one attached hydrogen (secondary N) is 1. The summed E-state index contributed by atoms with van der Waals surface area (Å²) in [4.78, 5) is 13.7. The number of hydrogen-bond acceptors (Lipinski definition) is 2. The van der Waals surface area contributed by atoms with E-state index in [2.05, 4.69) is 5.32 Å². The SMILES string of the molecule is CCN(CC)C(=O)Nc1ccc(OCc2cccc(F)c2)cc1. The molecule has 0 spiro atoms. The van der Waals surface area contributed by atoms with E-state index in [1.165, 1.54) is 12.1 Å². The second kappa shape index (κ2) is 8.17. The first kappa shape index (κ1) is 16.8. The Morgan fingerprint density at radius 2 is 1.83 bits per heavy atom. The van der Waals surface area contributed by atoms with E-state index in [1.54, 1.807) is 35.2 Å². The lowest BCUT2D eigenvalue weighted by Gasteiger charge is -2.19. The molecule has 0 saturated heterocycles. The predicted octanol–water partition coefficient (Wildman–Crippen LogP) is 4.28. The normalized spacial score (nSPS) is 10.2. The minimum Gasteiger partial charge on any atom is -0.489 e. The summed E-state index contributed by atoms with van der Waals surface area (Å²) in [6.45, 7) is 5.50. The molecule has 0 aliphatic heterocycles. The molecule has 0 aliphatic carbocycles. The fourth-order valence-corrected chi connectivity index (χ4v) is 2.14. The summed E-state index contributed by atoms with van der Waals surface area (Å²) >= 11 is 0. The Morgan fingerprint density at radius 1 is 1.13 bits per heavy atom. The van der Waals surface area contributed by atoms with E-state index in [9.17, 15) is 9.18 Å². The van der Waals surface area contributed by atoms with Gasteiger partial charge in [-0.1, -0.05) is 12.1 Å². The minimum atomic E-state index is -0.277. The quantitative estimate of drug-likeness (QED) is 0.864. The average molecular weight is 316 g/mol. The number of anilines is 1. The van der Waals surface area contributed by atoms with Crippen LogP contribution < -0.4 is 10.1 Å². The largest absolute Gasteiger partial charge is 0.489 e. The molecule has 2 aromatic carbocycles. The zero-order chi connectivity index (χ0) is 16.7. The topological polar surface area (TPSA) is 41.6 Å². The van der Waals surface area contributed by atoms with Crippen molar-refractivity contribution in [1.82, 2.24) is 4.90 Å². The van der Waals surface area contributed by atoms with Crippen molar-refractivity contribution in [1.29, 1.82) is 0 Å². The molecule has 4 nitrogen and oxygen atoms in total. The first-order chi connectivity index (χ1) is 11.1. The fourth-order valence-electron chi connectivity index (χ4n) is 2.14. The number of carbonyl (C=O) groups is 1. The number of nitrogens with zero attached hydrogens (tertiary/aromatic N) is 1. The first-order valence-corrected chi connectivity index (χ1v) is 7.65. The van der Waals surface area contributed by atoms with Gasteiger partial charge in [-0.25, -0.2) is 9.18 Å². The molecule has 2 amide bonds. The summed E-state index contributed by atoms with van der Waals surface area (Å²) in [5.41, 5.74) is 1.48. The number of urea groups is 1. The summed E-state index contributed by atoms with van der Waals surface area (Å²) in [6.07, 6.45) is 0. The summed E-state index contributed by atoms with van der Waals surface area (Å²) < 4.78 is 18.7. The van der Waals surface area contributed by atoms with E-state index in [0.717, 1.165) is 5.56 Å². The maximum Gasteiger partial charge on any atom is 0.321 e. The third kappa shape index (κ3) is 4.98. The molecule has 2 aromatic rings. The van der Waals surface area contributed by atoms with Gasteiger partial charge in [0.15, 0.2) is 0 Å². The Balaban J connectivity index is 1.90. The molecule has 2 rings (SSSR count). The van der Waals surface area contributed by atoms with Gasteiger partial charge in [0, 0.05) is 18.8 Å². The van der Waals surface area contributed by atoms with Crippen LogP contribution in [0.3, 0.4) is 0 Å². The van der Waals surface area contributed by atoms with Crippen LogP contribution in [0.25, 0.3) is 0 Å². The molecule has 5 heteroatoms. The van der Waals surface area contributed by atoms with Crippen LogP contribution in [0.15, 0.2) is 48.5 Å². The third-order valence-corrected chi connectivity index (χ3v) is 3.45. The third-order valence-electron chi connectivity index (χ3n) is 3.45. The molecule has 0 atom stereocenters. The van der Waals surface area contributed by atoms with E-state index < -0.39 is 0 Å². The maximum absolute atomic E-state index is 13.1. The Hall–Kier alpha value is -2.56. The second-order valence-electron chi connectivity index (χ2n) is 5.05. The molecule has 0 aliphatic rings. The lowest BCUT2D eigenvalue weighted by atomic mass is 10.2. The highest BCUT2D eigenvalue weighted by Gasteiger charge is 2.09. The highest BCUT2D eigenvalue weighted by Crippen LogP contribution is 2.17. The minimum absolute atomic E-state index is 0.122. The van der Waals surface area contributed by atoms with Crippen LogP contribution in [0.2, 0.25) is 0 Å². The summed E-state index contributed by atoms with van der Waals surface area (Å²) in [5.74, 6) is 0.385. The van der Waals surface area contributed by atoms with Crippen LogP contribution in [0.4, 0.5) is 14.9 Å². The van der Waals surface area contributed by atoms with Gasteiger partial charge >= 0.3 is 6.03 Å². The van der Waals surface area contributed by atoms with E-state index >= 15 is 0 Å². The Morgan fingerprint density at radius 3 is 2.43 bits per heavy atom. The molecular formula is C18H21FN2O2. The van der Waals surface area contributed by atoms with Gasteiger partial charge in [0.25, 0.3) is 0 Å². The molecule has 0 aromatic heterocycles.